The molecule has 0 aliphatic rings. The first-order chi connectivity index (χ1) is 8.54. The van der Waals surface area contributed by atoms with E-state index in [0.717, 1.165) is 10.6 Å². The molecule has 0 saturated heterocycles. The second kappa shape index (κ2) is 7.03. The second-order valence-electron chi connectivity index (χ2n) is 3.70. The van der Waals surface area contributed by atoms with Crippen LogP contribution in [0.4, 0.5) is 5.69 Å². The minimum absolute atomic E-state index is 0.158. The Labute approximate surface area is 110 Å². The lowest BCUT2D eigenvalue weighted by Gasteiger charge is -2.13. The van der Waals surface area contributed by atoms with Crippen molar-refractivity contribution in [1.29, 1.82) is 0 Å². The summed E-state index contributed by atoms with van der Waals surface area (Å²) in [6.45, 7) is 2.03. The number of para-hydroxylation sites is 1. The van der Waals surface area contributed by atoms with Gasteiger partial charge in [0.05, 0.1) is 18.2 Å². The van der Waals surface area contributed by atoms with E-state index in [1.807, 2.05) is 25.1 Å². The van der Waals surface area contributed by atoms with Crippen molar-refractivity contribution in [3.8, 4) is 0 Å². The van der Waals surface area contributed by atoms with Crippen LogP contribution in [-0.4, -0.2) is 23.6 Å². The van der Waals surface area contributed by atoms with E-state index in [2.05, 4.69) is 5.32 Å². The van der Waals surface area contributed by atoms with Gasteiger partial charge in [-0.2, -0.15) is 0 Å². The molecule has 0 aliphatic heterocycles. The summed E-state index contributed by atoms with van der Waals surface area (Å²) in [4.78, 5) is 23.4. The number of carbonyl (C=O) groups is 2. The summed E-state index contributed by atoms with van der Waals surface area (Å²) in [5.74, 6) is -0.0907. The summed E-state index contributed by atoms with van der Waals surface area (Å²) in [6, 6.07) is 6.53. The molecule has 0 saturated carbocycles. The molecule has 1 atom stereocenters. The minimum Gasteiger partial charge on any atom is -0.370 e. The summed E-state index contributed by atoms with van der Waals surface area (Å²) in [6.07, 6.45) is -0.158. The van der Waals surface area contributed by atoms with Crippen LogP contribution in [0.1, 0.15) is 13.3 Å². The number of primary amides is 1. The van der Waals surface area contributed by atoms with E-state index in [0.29, 0.717) is 5.69 Å². The molecular formula is C12H17N3O2S. The third kappa shape index (κ3) is 4.38. The smallest absolute Gasteiger partial charge is 0.241 e. The highest BCUT2D eigenvalue weighted by atomic mass is 32.2. The average molecular weight is 267 g/mol. The first kappa shape index (κ1) is 14.5. The van der Waals surface area contributed by atoms with Crippen molar-refractivity contribution in [3.63, 3.8) is 0 Å². The maximum absolute atomic E-state index is 11.8. The highest BCUT2D eigenvalue weighted by Gasteiger charge is 2.16. The third-order valence-corrected chi connectivity index (χ3v) is 3.16. The van der Waals surface area contributed by atoms with Gasteiger partial charge in [0.1, 0.15) is 0 Å². The summed E-state index contributed by atoms with van der Waals surface area (Å²) >= 11 is 1.62. The van der Waals surface area contributed by atoms with Crippen LogP contribution in [0.3, 0.4) is 0 Å². The third-order valence-electron chi connectivity index (χ3n) is 2.20. The predicted octanol–water partition coefficient (Wildman–Crippen LogP) is 0.940. The number of nitrogens with one attached hydrogen (secondary N) is 1. The number of hydrogen-bond acceptors (Lipinski definition) is 4. The molecular weight excluding hydrogens is 250 g/mol. The largest absolute Gasteiger partial charge is 0.370 e. The highest BCUT2D eigenvalue weighted by Crippen LogP contribution is 2.26. The summed E-state index contributed by atoms with van der Waals surface area (Å²) in [7, 11) is 0. The van der Waals surface area contributed by atoms with Crippen molar-refractivity contribution in [3.05, 3.63) is 24.3 Å². The zero-order valence-corrected chi connectivity index (χ0v) is 11.0. The Balaban J connectivity index is 2.72. The summed E-state index contributed by atoms with van der Waals surface area (Å²) < 4.78 is 0. The van der Waals surface area contributed by atoms with Crippen LogP contribution in [-0.2, 0) is 9.59 Å². The molecule has 0 aromatic heterocycles. The Morgan fingerprint density at radius 1 is 1.39 bits per heavy atom. The average Bonchev–Trinajstić information content (AvgIpc) is 2.31. The van der Waals surface area contributed by atoms with Gasteiger partial charge in [-0.1, -0.05) is 19.1 Å². The van der Waals surface area contributed by atoms with Gasteiger partial charge in [0.15, 0.2) is 0 Å². The maximum Gasteiger partial charge on any atom is 0.241 e. The number of hydrogen-bond donors (Lipinski definition) is 3. The van der Waals surface area contributed by atoms with Crippen molar-refractivity contribution in [2.24, 2.45) is 11.5 Å². The molecule has 0 aliphatic carbocycles. The van der Waals surface area contributed by atoms with E-state index in [4.69, 9.17) is 11.5 Å². The van der Waals surface area contributed by atoms with E-state index in [1.54, 1.807) is 17.8 Å². The van der Waals surface area contributed by atoms with Gasteiger partial charge >= 0.3 is 0 Å². The molecule has 1 unspecified atom stereocenters. The van der Waals surface area contributed by atoms with Gasteiger partial charge in [-0.15, -0.1) is 11.8 Å². The van der Waals surface area contributed by atoms with Gasteiger partial charge in [-0.3, -0.25) is 9.59 Å². The first-order valence-corrected chi connectivity index (χ1v) is 6.59. The van der Waals surface area contributed by atoms with Crippen LogP contribution >= 0.6 is 11.8 Å². The van der Waals surface area contributed by atoms with Crippen LogP contribution in [0.2, 0.25) is 0 Å². The molecule has 0 fully saturated rings. The van der Waals surface area contributed by atoms with Crippen LogP contribution in [0.25, 0.3) is 0 Å². The van der Waals surface area contributed by atoms with Gasteiger partial charge in [-0.05, 0) is 17.9 Å². The Morgan fingerprint density at radius 2 is 2.06 bits per heavy atom. The fraction of sp³-hybridized carbons (Fsp3) is 0.333. The van der Waals surface area contributed by atoms with Gasteiger partial charge in [-0.25, -0.2) is 0 Å². The van der Waals surface area contributed by atoms with Crippen molar-refractivity contribution in [2.45, 2.75) is 24.3 Å². The van der Waals surface area contributed by atoms with Gasteiger partial charge in [0, 0.05) is 4.90 Å². The minimum atomic E-state index is -0.915. The van der Waals surface area contributed by atoms with Crippen molar-refractivity contribution in [2.75, 3.05) is 11.1 Å². The normalized spacial score (nSPS) is 11.9. The maximum atomic E-state index is 11.8. The lowest BCUT2D eigenvalue weighted by Crippen LogP contribution is -2.39. The second-order valence-corrected chi connectivity index (χ2v) is 5.00. The molecule has 1 rings (SSSR count). The Kier molecular flexibility index (Phi) is 5.67. The van der Waals surface area contributed by atoms with E-state index in [-0.39, 0.29) is 6.42 Å². The fourth-order valence-corrected chi connectivity index (χ4v) is 2.15. The lowest BCUT2D eigenvalue weighted by molar-refractivity contribution is -0.123. The van der Waals surface area contributed by atoms with E-state index in [1.165, 1.54) is 0 Å². The summed E-state index contributed by atoms with van der Waals surface area (Å²) in [5.41, 5.74) is 11.3. The topological polar surface area (TPSA) is 98.2 Å². The molecule has 1 aromatic carbocycles. The zero-order chi connectivity index (χ0) is 13.5. The van der Waals surface area contributed by atoms with Gasteiger partial charge in [0.25, 0.3) is 0 Å². The standard InChI is InChI=1S/C12H17N3O2S/c1-2-18-10-6-4-3-5-9(10)15-12(17)8(13)7-11(14)16/h3-6,8H,2,7,13H2,1H3,(H2,14,16)(H,15,17). The Morgan fingerprint density at radius 3 is 2.67 bits per heavy atom. The number of anilines is 1. The van der Waals surface area contributed by atoms with Gasteiger partial charge < -0.3 is 16.8 Å². The van der Waals surface area contributed by atoms with Gasteiger partial charge in [0.2, 0.25) is 11.8 Å². The lowest BCUT2D eigenvalue weighted by atomic mass is 10.2. The van der Waals surface area contributed by atoms with Crippen molar-refractivity contribution >= 4 is 29.3 Å². The molecule has 0 heterocycles. The molecule has 0 radical (unpaired) electrons. The van der Waals surface area contributed by atoms with Crippen molar-refractivity contribution < 1.29 is 9.59 Å². The van der Waals surface area contributed by atoms with Crippen LogP contribution in [0, 0.1) is 0 Å². The van der Waals surface area contributed by atoms with Crippen LogP contribution in [0.5, 0.6) is 0 Å². The number of benzene rings is 1. The number of nitrogens with two attached hydrogens (primary N) is 2. The molecule has 1 aromatic rings. The number of thioether (sulfide) groups is 1. The molecule has 6 heteroatoms. The number of amides is 2. The fourth-order valence-electron chi connectivity index (χ4n) is 1.39. The number of carbonyl (C=O) groups excluding carboxylic acids is 2. The van der Waals surface area contributed by atoms with E-state index >= 15 is 0 Å². The molecule has 5 N–H and O–H groups in total. The Bertz CT molecular complexity index is 437. The van der Waals surface area contributed by atoms with E-state index in [9.17, 15) is 9.59 Å². The molecule has 2 amide bonds. The van der Waals surface area contributed by atoms with Crippen LogP contribution < -0.4 is 16.8 Å². The molecule has 98 valence electrons. The van der Waals surface area contributed by atoms with Crippen LogP contribution in [0.15, 0.2) is 29.2 Å². The molecule has 0 spiro atoms. The molecule has 5 nitrogen and oxygen atoms in total. The van der Waals surface area contributed by atoms with Crippen molar-refractivity contribution in [1.82, 2.24) is 0 Å². The molecule has 18 heavy (non-hydrogen) atoms. The summed E-state index contributed by atoms with van der Waals surface area (Å²) in [5, 5.41) is 2.71. The first-order valence-electron chi connectivity index (χ1n) is 5.61. The van der Waals surface area contributed by atoms with E-state index < -0.39 is 17.9 Å². The monoisotopic (exact) mass is 267 g/mol. The quantitative estimate of drug-likeness (QED) is 0.668. The SMILES string of the molecule is CCSc1ccccc1NC(=O)C(N)CC(N)=O. The zero-order valence-electron chi connectivity index (χ0n) is 10.2. The highest BCUT2D eigenvalue weighted by molar-refractivity contribution is 7.99. The molecule has 0 bridgehead atoms. The Hall–Kier alpha value is -1.53. The number of rotatable bonds is 6. The predicted molar refractivity (Wildman–Crippen MR) is 73.3 cm³/mol.